The molecule has 3 N–H and O–H groups in total. The first kappa shape index (κ1) is 17.5. The van der Waals surface area contributed by atoms with Crippen molar-refractivity contribution >= 4 is 23.2 Å². The highest BCUT2D eigenvalue weighted by Gasteiger charge is 2.25. The molecule has 9 heteroatoms. The van der Waals surface area contributed by atoms with E-state index in [4.69, 9.17) is 4.42 Å². The zero-order chi connectivity index (χ0) is 18.8. The molecule has 0 saturated heterocycles. The first-order valence-corrected chi connectivity index (χ1v) is 8.08. The van der Waals surface area contributed by atoms with Crippen molar-refractivity contribution in [2.75, 3.05) is 5.32 Å². The summed E-state index contributed by atoms with van der Waals surface area (Å²) in [6.07, 6.45) is 1.94. The summed E-state index contributed by atoms with van der Waals surface area (Å²) in [5.41, 5.74) is 5.09. The van der Waals surface area contributed by atoms with Gasteiger partial charge < -0.3 is 9.73 Å². The van der Waals surface area contributed by atoms with Crippen LogP contribution >= 0.6 is 0 Å². The molecule has 2 aromatic rings. The van der Waals surface area contributed by atoms with Crippen LogP contribution in [0.5, 0.6) is 0 Å². The first-order chi connectivity index (χ1) is 12.3. The summed E-state index contributed by atoms with van der Waals surface area (Å²) in [5.74, 6) is -0.180. The molecule has 1 heterocycles. The van der Waals surface area contributed by atoms with Gasteiger partial charge in [-0.3, -0.25) is 30.6 Å². The normalized spacial score (nSPS) is 13.2. The highest BCUT2D eigenvalue weighted by molar-refractivity contribution is 6.00. The molecule has 0 aliphatic heterocycles. The Kier molecular flexibility index (Phi) is 4.61. The van der Waals surface area contributed by atoms with Gasteiger partial charge in [0.25, 0.3) is 17.5 Å². The fourth-order valence-corrected chi connectivity index (χ4v) is 2.50. The van der Waals surface area contributed by atoms with E-state index < -0.39 is 16.7 Å². The van der Waals surface area contributed by atoms with E-state index in [1.807, 2.05) is 0 Å². The van der Waals surface area contributed by atoms with E-state index in [1.165, 1.54) is 18.2 Å². The molecule has 1 aliphatic rings. The van der Waals surface area contributed by atoms with Crippen LogP contribution in [0.3, 0.4) is 0 Å². The van der Waals surface area contributed by atoms with Crippen molar-refractivity contribution in [2.24, 2.45) is 0 Å². The summed E-state index contributed by atoms with van der Waals surface area (Å²) in [6, 6.07) is 5.94. The number of aryl methyl sites for hydroxylation is 2. The molecule has 3 rings (SSSR count). The molecule has 1 saturated carbocycles. The smallest absolute Gasteiger partial charge is 0.293 e. The van der Waals surface area contributed by atoms with Gasteiger partial charge in [0.05, 0.1) is 10.5 Å². The summed E-state index contributed by atoms with van der Waals surface area (Å²) >= 11 is 0. The number of carbonyl (C=O) groups is 2. The lowest BCUT2D eigenvalue weighted by Gasteiger charge is -2.09. The highest BCUT2D eigenvalue weighted by atomic mass is 16.6. The Balaban J connectivity index is 1.69. The van der Waals surface area contributed by atoms with Crippen molar-refractivity contribution in [3.63, 3.8) is 0 Å². The number of nitrogens with one attached hydrogen (secondary N) is 3. The van der Waals surface area contributed by atoms with Crippen LogP contribution in [0.15, 0.2) is 28.7 Å². The van der Waals surface area contributed by atoms with Gasteiger partial charge in [0, 0.05) is 17.7 Å². The maximum atomic E-state index is 12.2. The molecular formula is C17H18N4O5. The van der Waals surface area contributed by atoms with Crippen molar-refractivity contribution in [1.82, 2.24) is 10.9 Å². The van der Waals surface area contributed by atoms with E-state index >= 15 is 0 Å². The Hall–Kier alpha value is -3.36. The number of nitro benzene ring substituents is 1. The Morgan fingerprint density at radius 1 is 1.15 bits per heavy atom. The number of hydrogen-bond acceptors (Lipinski definition) is 6. The molecule has 0 radical (unpaired) electrons. The highest BCUT2D eigenvalue weighted by Crippen LogP contribution is 2.31. The first-order valence-electron chi connectivity index (χ1n) is 8.08. The molecule has 136 valence electrons. The van der Waals surface area contributed by atoms with Crippen LogP contribution in [0.4, 0.5) is 11.4 Å². The maximum absolute atomic E-state index is 12.2. The van der Waals surface area contributed by atoms with Gasteiger partial charge in [0.15, 0.2) is 0 Å². The Morgan fingerprint density at radius 2 is 1.85 bits per heavy atom. The number of anilines is 1. The molecule has 0 bridgehead atoms. The zero-order valence-electron chi connectivity index (χ0n) is 14.3. The van der Waals surface area contributed by atoms with E-state index in [9.17, 15) is 19.7 Å². The predicted molar refractivity (Wildman–Crippen MR) is 92.9 cm³/mol. The number of hydrazine groups is 1. The molecule has 2 amide bonds. The summed E-state index contributed by atoms with van der Waals surface area (Å²) in [7, 11) is 0. The lowest BCUT2D eigenvalue weighted by atomic mass is 10.1. The number of hydrogen-bond donors (Lipinski definition) is 3. The topological polar surface area (TPSA) is 127 Å². The largest absolute Gasteiger partial charge is 0.466 e. The quantitative estimate of drug-likeness (QED) is 0.557. The molecular weight excluding hydrogens is 340 g/mol. The fraction of sp³-hybridized carbons (Fsp3) is 0.294. The van der Waals surface area contributed by atoms with Crippen molar-refractivity contribution in [1.29, 1.82) is 0 Å². The third-order valence-corrected chi connectivity index (χ3v) is 3.97. The Morgan fingerprint density at radius 3 is 2.42 bits per heavy atom. The molecule has 0 spiro atoms. The molecule has 26 heavy (non-hydrogen) atoms. The average molecular weight is 358 g/mol. The molecule has 0 atom stereocenters. The van der Waals surface area contributed by atoms with Crippen molar-refractivity contribution in [3.8, 4) is 0 Å². The van der Waals surface area contributed by atoms with Crippen LogP contribution in [-0.2, 0) is 0 Å². The Labute approximate surface area is 148 Å². The number of nitro groups is 1. The van der Waals surface area contributed by atoms with Crippen molar-refractivity contribution in [3.05, 3.63) is 57.0 Å². The molecule has 9 nitrogen and oxygen atoms in total. The van der Waals surface area contributed by atoms with Gasteiger partial charge in [0.1, 0.15) is 17.2 Å². The van der Waals surface area contributed by atoms with Gasteiger partial charge in [0.2, 0.25) is 0 Å². The van der Waals surface area contributed by atoms with E-state index in [0.717, 1.165) is 12.8 Å². The zero-order valence-corrected chi connectivity index (χ0v) is 14.3. The minimum absolute atomic E-state index is 0.0680. The van der Waals surface area contributed by atoms with Crippen LogP contribution in [0.2, 0.25) is 0 Å². The standard InChI is InChI=1S/C17H18N4O5/c1-9-7-13(10(2)26-9)17(23)20-19-16(22)11-3-6-14(18-12-4-5-12)15(8-11)21(24)25/h3,6-8,12,18H,4-5H2,1-2H3,(H,19,22)(H,20,23). The lowest BCUT2D eigenvalue weighted by molar-refractivity contribution is -0.384. The SMILES string of the molecule is Cc1cc(C(=O)NNC(=O)c2ccc(NC3CC3)c([N+](=O)[O-])c2)c(C)o1. The van der Waals surface area contributed by atoms with Gasteiger partial charge in [-0.2, -0.15) is 0 Å². The molecule has 1 fully saturated rings. The number of rotatable bonds is 5. The number of benzene rings is 1. The number of nitrogens with zero attached hydrogens (tertiary/aromatic N) is 1. The van der Waals surface area contributed by atoms with Crippen LogP contribution in [-0.4, -0.2) is 22.8 Å². The monoisotopic (exact) mass is 358 g/mol. The average Bonchev–Trinajstić information content (AvgIpc) is 3.34. The van der Waals surface area contributed by atoms with Gasteiger partial charge in [-0.25, -0.2) is 0 Å². The fourth-order valence-electron chi connectivity index (χ4n) is 2.50. The van der Waals surface area contributed by atoms with Crippen molar-refractivity contribution < 1.29 is 18.9 Å². The van der Waals surface area contributed by atoms with E-state index in [2.05, 4.69) is 16.2 Å². The van der Waals surface area contributed by atoms with E-state index in [0.29, 0.717) is 22.8 Å². The van der Waals surface area contributed by atoms with Gasteiger partial charge in [-0.15, -0.1) is 0 Å². The lowest BCUT2D eigenvalue weighted by Crippen LogP contribution is -2.41. The molecule has 1 aliphatic carbocycles. The van der Waals surface area contributed by atoms with E-state index in [-0.39, 0.29) is 17.3 Å². The maximum Gasteiger partial charge on any atom is 0.293 e. The minimum Gasteiger partial charge on any atom is -0.466 e. The van der Waals surface area contributed by atoms with Gasteiger partial charge in [-0.1, -0.05) is 0 Å². The molecule has 1 aromatic heterocycles. The molecule has 0 unspecified atom stereocenters. The second-order valence-corrected chi connectivity index (χ2v) is 6.14. The minimum atomic E-state index is -0.655. The summed E-state index contributed by atoms with van der Waals surface area (Å²) < 4.78 is 5.26. The van der Waals surface area contributed by atoms with E-state index in [1.54, 1.807) is 19.9 Å². The van der Waals surface area contributed by atoms with Crippen LogP contribution in [0.1, 0.15) is 45.1 Å². The summed E-state index contributed by atoms with van der Waals surface area (Å²) in [5, 5.41) is 14.3. The predicted octanol–water partition coefficient (Wildman–Crippen LogP) is 2.45. The molecule has 1 aromatic carbocycles. The second-order valence-electron chi connectivity index (χ2n) is 6.14. The third kappa shape index (κ3) is 3.82. The Bertz CT molecular complexity index is 885. The van der Waals surface area contributed by atoms with Gasteiger partial charge in [-0.05, 0) is 44.9 Å². The van der Waals surface area contributed by atoms with Crippen LogP contribution in [0, 0.1) is 24.0 Å². The number of carbonyl (C=O) groups excluding carboxylic acids is 2. The number of furan rings is 1. The summed E-state index contributed by atoms with van der Waals surface area (Å²) in [4.78, 5) is 35.0. The van der Waals surface area contributed by atoms with Crippen LogP contribution < -0.4 is 16.2 Å². The van der Waals surface area contributed by atoms with Crippen molar-refractivity contribution in [2.45, 2.75) is 32.7 Å². The summed E-state index contributed by atoms with van der Waals surface area (Å²) in [6.45, 7) is 3.34. The van der Waals surface area contributed by atoms with Gasteiger partial charge >= 0.3 is 0 Å². The third-order valence-electron chi connectivity index (χ3n) is 3.97. The number of amides is 2. The van der Waals surface area contributed by atoms with Crippen LogP contribution in [0.25, 0.3) is 0 Å². The second kappa shape index (κ2) is 6.87.